The third-order valence-corrected chi connectivity index (χ3v) is 5.84. The Morgan fingerprint density at radius 2 is 1.90 bits per heavy atom. The quantitative estimate of drug-likeness (QED) is 0.652. The molecule has 0 spiro atoms. The molecule has 1 N–H and O–H groups in total. The molecule has 0 aromatic rings. The van der Waals surface area contributed by atoms with Crippen LogP contribution in [0.15, 0.2) is 0 Å². The minimum atomic E-state index is 0.764. The highest BCUT2D eigenvalue weighted by Crippen LogP contribution is 2.49. The lowest BCUT2D eigenvalue weighted by atomic mass is 9.83. The van der Waals surface area contributed by atoms with Crippen molar-refractivity contribution in [2.24, 2.45) is 17.8 Å². The first kappa shape index (κ1) is 16.3. The second-order valence-corrected chi connectivity index (χ2v) is 7.14. The van der Waals surface area contributed by atoms with Crippen LogP contribution in [0.3, 0.4) is 0 Å². The van der Waals surface area contributed by atoms with Crippen molar-refractivity contribution < 1.29 is 0 Å². The van der Waals surface area contributed by atoms with Crippen LogP contribution in [0.25, 0.3) is 0 Å². The van der Waals surface area contributed by atoms with Gasteiger partial charge >= 0.3 is 0 Å². The summed E-state index contributed by atoms with van der Waals surface area (Å²) in [6, 6.07) is 0.764. The van der Waals surface area contributed by atoms with Crippen molar-refractivity contribution in [2.75, 3.05) is 26.2 Å². The summed E-state index contributed by atoms with van der Waals surface area (Å²) in [4.78, 5) is 2.57. The fourth-order valence-corrected chi connectivity index (χ4v) is 4.56. The van der Waals surface area contributed by atoms with Crippen LogP contribution in [-0.4, -0.2) is 37.1 Å². The minimum absolute atomic E-state index is 0.764. The van der Waals surface area contributed by atoms with Gasteiger partial charge in [0.15, 0.2) is 0 Å². The lowest BCUT2D eigenvalue weighted by Crippen LogP contribution is -2.37. The van der Waals surface area contributed by atoms with Gasteiger partial charge in [0, 0.05) is 6.04 Å². The molecule has 2 aliphatic carbocycles. The van der Waals surface area contributed by atoms with E-state index in [1.54, 1.807) is 12.8 Å². The third kappa shape index (κ3) is 4.46. The molecule has 0 aromatic heterocycles. The molecule has 4 atom stereocenters. The van der Waals surface area contributed by atoms with E-state index in [2.05, 4.69) is 31.0 Å². The second kappa shape index (κ2) is 8.38. The predicted molar refractivity (Wildman–Crippen MR) is 88.0 cm³/mol. The topological polar surface area (TPSA) is 15.3 Å². The van der Waals surface area contributed by atoms with Crippen LogP contribution in [0.5, 0.6) is 0 Å². The molecule has 0 heterocycles. The number of hydrogen-bond donors (Lipinski definition) is 1. The maximum Gasteiger partial charge on any atom is 0.00819 e. The van der Waals surface area contributed by atoms with E-state index in [1.165, 1.54) is 58.3 Å². The van der Waals surface area contributed by atoms with E-state index in [0.717, 1.165) is 23.8 Å². The van der Waals surface area contributed by atoms with Crippen molar-refractivity contribution in [3.05, 3.63) is 0 Å². The van der Waals surface area contributed by atoms with Gasteiger partial charge in [-0.1, -0.05) is 27.2 Å². The Labute approximate surface area is 126 Å². The van der Waals surface area contributed by atoms with E-state index in [9.17, 15) is 0 Å². The molecule has 2 heteroatoms. The maximum atomic E-state index is 3.83. The molecule has 0 radical (unpaired) electrons. The van der Waals surface area contributed by atoms with E-state index < -0.39 is 0 Å². The summed E-state index contributed by atoms with van der Waals surface area (Å²) in [5.74, 6) is 3.22. The number of hydrogen-bond acceptors (Lipinski definition) is 2. The van der Waals surface area contributed by atoms with Crippen molar-refractivity contribution in [1.29, 1.82) is 0 Å². The van der Waals surface area contributed by atoms with E-state index >= 15 is 0 Å². The van der Waals surface area contributed by atoms with E-state index in [-0.39, 0.29) is 0 Å². The first-order chi connectivity index (χ1) is 9.76. The van der Waals surface area contributed by atoms with Gasteiger partial charge in [0.1, 0.15) is 0 Å². The van der Waals surface area contributed by atoms with Gasteiger partial charge in [-0.05, 0) is 82.5 Å². The van der Waals surface area contributed by atoms with Crippen LogP contribution in [0.1, 0.15) is 65.7 Å². The van der Waals surface area contributed by atoms with Crippen LogP contribution >= 0.6 is 0 Å². The summed E-state index contributed by atoms with van der Waals surface area (Å²) in [7, 11) is 0. The Bertz CT molecular complexity index is 262. The van der Waals surface area contributed by atoms with Crippen molar-refractivity contribution in [3.63, 3.8) is 0 Å². The molecule has 118 valence electrons. The second-order valence-electron chi connectivity index (χ2n) is 7.14. The molecule has 0 amide bonds. The Kier molecular flexibility index (Phi) is 6.83. The lowest BCUT2D eigenvalue weighted by molar-refractivity contribution is 0.240. The molecule has 2 fully saturated rings. The summed E-state index contributed by atoms with van der Waals surface area (Å²) in [5.41, 5.74) is 0. The average Bonchev–Trinajstić information content (AvgIpc) is 3.08. The Balaban J connectivity index is 1.77. The number of rotatable bonds is 10. The number of fused-ring (bicyclic) bond motifs is 2. The molecule has 0 aromatic carbocycles. The molecule has 2 bridgehead atoms. The molecule has 2 aliphatic rings. The molecule has 0 aliphatic heterocycles. The maximum absolute atomic E-state index is 3.83. The Hall–Kier alpha value is -0.0800. The summed E-state index contributed by atoms with van der Waals surface area (Å²) in [6.45, 7) is 11.7. The molecule has 0 saturated heterocycles. The Morgan fingerprint density at radius 3 is 2.45 bits per heavy atom. The normalized spacial score (nSPS) is 30.3. The van der Waals surface area contributed by atoms with Crippen LogP contribution in [0, 0.1) is 17.8 Å². The van der Waals surface area contributed by atoms with Crippen molar-refractivity contribution in [3.8, 4) is 0 Å². The van der Waals surface area contributed by atoms with Crippen LogP contribution in [0.2, 0.25) is 0 Å². The first-order valence-electron chi connectivity index (χ1n) is 9.22. The highest BCUT2D eigenvalue weighted by atomic mass is 15.1. The summed E-state index contributed by atoms with van der Waals surface area (Å²) in [6.07, 6.45) is 10.2. The van der Waals surface area contributed by atoms with Crippen LogP contribution in [-0.2, 0) is 0 Å². The third-order valence-electron chi connectivity index (χ3n) is 5.84. The van der Waals surface area contributed by atoms with Gasteiger partial charge in [0.25, 0.3) is 0 Å². The molecular weight excluding hydrogens is 244 g/mol. The monoisotopic (exact) mass is 280 g/mol. The molecular formula is C18H36N2. The zero-order valence-corrected chi connectivity index (χ0v) is 14.0. The summed E-state index contributed by atoms with van der Waals surface area (Å²) >= 11 is 0. The lowest BCUT2D eigenvalue weighted by Gasteiger charge is -2.29. The summed E-state index contributed by atoms with van der Waals surface area (Å²) < 4.78 is 0. The van der Waals surface area contributed by atoms with Gasteiger partial charge in [-0.25, -0.2) is 0 Å². The molecule has 20 heavy (non-hydrogen) atoms. The van der Waals surface area contributed by atoms with E-state index in [4.69, 9.17) is 0 Å². The van der Waals surface area contributed by atoms with Gasteiger partial charge < -0.3 is 10.2 Å². The predicted octanol–water partition coefficient (Wildman–Crippen LogP) is 3.91. The molecule has 2 saturated carbocycles. The Morgan fingerprint density at radius 1 is 1.10 bits per heavy atom. The zero-order valence-electron chi connectivity index (χ0n) is 14.0. The van der Waals surface area contributed by atoms with Crippen LogP contribution < -0.4 is 5.32 Å². The fraction of sp³-hybridized carbons (Fsp3) is 1.00. The van der Waals surface area contributed by atoms with Crippen molar-refractivity contribution in [1.82, 2.24) is 10.2 Å². The van der Waals surface area contributed by atoms with E-state index in [0.29, 0.717) is 0 Å². The van der Waals surface area contributed by atoms with Crippen molar-refractivity contribution >= 4 is 0 Å². The van der Waals surface area contributed by atoms with Crippen LogP contribution in [0.4, 0.5) is 0 Å². The zero-order chi connectivity index (χ0) is 14.4. The number of nitrogens with one attached hydrogen (secondary N) is 1. The standard InChI is InChI=1S/C18H36N2/c1-4-10-19-18(9-11-20(5-2)6-3)14-17-13-15-7-8-16(17)12-15/h15-19H,4-14H2,1-3H3. The fourth-order valence-electron chi connectivity index (χ4n) is 4.56. The van der Waals surface area contributed by atoms with Gasteiger partial charge in [0.05, 0.1) is 0 Å². The molecule has 4 unspecified atom stereocenters. The van der Waals surface area contributed by atoms with Gasteiger partial charge in [-0.15, -0.1) is 0 Å². The highest BCUT2D eigenvalue weighted by molar-refractivity contribution is 4.91. The van der Waals surface area contributed by atoms with Crippen molar-refractivity contribution in [2.45, 2.75) is 71.8 Å². The van der Waals surface area contributed by atoms with Gasteiger partial charge in [-0.3, -0.25) is 0 Å². The highest BCUT2D eigenvalue weighted by Gasteiger charge is 2.39. The van der Waals surface area contributed by atoms with Gasteiger partial charge in [0.2, 0.25) is 0 Å². The minimum Gasteiger partial charge on any atom is -0.314 e. The van der Waals surface area contributed by atoms with E-state index in [1.807, 2.05) is 0 Å². The summed E-state index contributed by atoms with van der Waals surface area (Å²) in [5, 5.41) is 3.83. The molecule has 2 nitrogen and oxygen atoms in total. The van der Waals surface area contributed by atoms with Gasteiger partial charge in [-0.2, -0.15) is 0 Å². The smallest absolute Gasteiger partial charge is 0.00819 e. The first-order valence-corrected chi connectivity index (χ1v) is 9.22. The largest absolute Gasteiger partial charge is 0.314 e. The number of nitrogens with zero attached hydrogens (tertiary/aromatic N) is 1. The molecule has 2 rings (SSSR count). The SMILES string of the molecule is CCCNC(CCN(CC)CC)CC1CC2CCC1C2. The average molecular weight is 280 g/mol.